The van der Waals surface area contributed by atoms with E-state index < -0.39 is 10.0 Å². The van der Waals surface area contributed by atoms with Crippen molar-refractivity contribution in [3.8, 4) is 0 Å². The van der Waals surface area contributed by atoms with Crippen LogP contribution >= 0.6 is 0 Å². The highest BCUT2D eigenvalue weighted by Gasteiger charge is 2.34. The van der Waals surface area contributed by atoms with Gasteiger partial charge in [0, 0.05) is 18.5 Å². The molecule has 0 radical (unpaired) electrons. The van der Waals surface area contributed by atoms with E-state index in [1.165, 1.54) is 4.31 Å². The number of anilines is 1. The third-order valence-electron chi connectivity index (χ3n) is 4.24. The third kappa shape index (κ3) is 2.55. The zero-order chi connectivity index (χ0) is 16.8. The Balaban J connectivity index is 2.22. The molecule has 0 amide bonds. The second-order valence-corrected chi connectivity index (χ2v) is 7.82. The van der Waals surface area contributed by atoms with E-state index in [9.17, 15) is 13.2 Å². The van der Waals surface area contributed by atoms with Crippen LogP contribution in [0.2, 0.25) is 0 Å². The van der Waals surface area contributed by atoms with Crippen molar-refractivity contribution in [2.45, 2.75) is 32.1 Å². The molecule has 0 spiro atoms. The molecule has 23 heavy (non-hydrogen) atoms. The minimum absolute atomic E-state index is 0.00360. The maximum atomic E-state index is 13.2. The van der Waals surface area contributed by atoms with Crippen LogP contribution in [0.5, 0.6) is 0 Å². The zero-order valence-electron chi connectivity index (χ0n) is 13.5. The maximum Gasteiger partial charge on any atom is 0.264 e. The predicted molar refractivity (Wildman–Crippen MR) is 90.6 cm³/mol. The average molecular weight is 329 g/mol. The van der Waals surface area contributed by atoms with Gasteiger partial charge >= 0.3 is 0 Å². The van der Waals surface area contributed by atoms with Gasteiger partial charge in [-0.3, -0.25) is 9.10 Å². The minimum Gasteiger partial charge on any atom is -0.294 e. The molecule has 0 atom stereocenters. The standard InChI is InChI=1S/C18H19NO3S/c1-12-7-8-13(2)17(11-12)23(21,22)19-10-9-16(20)15-6-4-5-14(3)18(15)19/h4-8,11H,9-10H2,1-3H3. The highest BCUT2D eigenvalue weighted by atomic mass is 32.2. The van der Waals surface area contributed by atoms with E-state index in [1.54, 1.807) is 25.1 Å². The number of rotatable bonds is 2. The Labute approximate surface area is 136 Å². The predicted octanol–water partition coefficient (Wildman–Crippen LogP) is 3.39. The van der Waals surface area contributed by atoms with Crippen molar-refractivity contribution in [2.75, 3.05) is 10.8 Å². The van der Waals surface area contributed by atoms with E-state index in [2.05, 4.69) is 0 Å². The molecule has 2 aromatic carbocycles. The molecule has 0 aromatic heterocycles. The fraction of sp³-hybridized carbons (Fsp3) is 0.278. The topological polar surface area (TPSA) is 54.5 Å². The summed E-state index contributed by atoms with van der Waals surface area (Å²) in [6.45, 7) is 5.69. The van der Waals surface area contributed by atoms with Crippen molar-refractivity contribution in [1.29, 1.82) is 0 Å². The van der Waals surface area contributed by atoms with Crippen molar-refractivity contribution >= 4 is 21.5 Å². The van der Waals surface area contributed by atoms with Crippen LogP contribution in [0, 0.1) is 20.8 Å². The summed E-state index contributed by atoms with van der Waals surface area (Å²) in [4.78, 5) is 12.5. The van der Waals surface area contributed by atoms with Crippen LogP contribution in [0.4, 0.5) is 5.69 Å². The van der Waals surface area contributed by atoms with E-state index in [-0.39, 0.29) is 18.7 Å². The summed E-state index contributed by atoms with van der Waals surface area (Å²) in [5, 5.41) is 0. The second-order valence-electron chi connectivity index (χ2n) is 5.99. The van der Waals surface area contributed by atoms with Crippen molar-refractivity contribution in [3.63, 3.8) is 0 Å². The van der Waals surface area contributed by atoms with E-state index in [4.69, 9.17) is 0 Å². The van der Waals surface area contributed by atoms with Crippen LogP contribution in [-0.2, 0) is 10.0 Å². The number of carbonyl (C=O) groups is 1. The van der Waals surface area contributed by atoms with E-state index in [1.807, 2.05) is 32.0 Å². The fourth-order valence-corrected chi connectivity index (χ4v) is 4.87. The van der Waals surface area contributed by atoms with Crippen molar-refractivity contribution in [3.05, 3.63) is 58.7 Å². The number of sulfonamides is 1. The number of carbonyl (C=O) groups excluding carboxylic acids is 1. The second kappa shape index (κ2) is 5.49. The molecule has 3 rings (SSSR count). The lowest BCUT2D eigenvalue weighted by Gasteiger charge is -2.31. The molecule has 1 aliphatic rings. The Morgan fingerprint density at radius 3 is 2.48 bits per heavy atom. The van der Waals surface area contributed by atoms with Gasteiger partial charge in [0.1, 0.15) is 0 Å². The van der Waals surface area contributed by atoms with Gasteiger partial charge in [-0.1, -0.05) is 24.3 Å². The number of hydrogen-bond acceptors (Lipinski definition) is 3. The lowest BCUT2D eigenvalue weighted by atomic mass is 9.99. The van der Waals surface area contributed by atoms with Gasteiger partial charge in [-0.25, -0.2) is 8.42 Å². The van der Waals surface area contributed by atoms with Crippen molar-refractivity contribution in [1.82, 2.24) is 0 Å². The number of fused-ring (bicyclic) bond motifs is 1. The summed E-state index contributed by atoms with van der Waals surface area (Å²) in [6, 6.07) is 10.7. The largest absolute Gasteiger partial charge is 0.294 e. The highest BCUT2D eigenvalue weighted by Crippen LogP contribution is 2.35. The molecule has 1 heterocycles. The number of hydrogen-bond donors (Lipinski definition) is 0. The van der Waals surface area contributed by atoms with Gasteiger partial charge in [0.15, 0.2) is 5.78 Å². The van der Waals surface area contributed by atoms with Gasteiger partial charge in [0.25, 0.3) is 10.0 Å². The maximum absolute atomic E-state index is 13.2. The van der Waals surface area contributed by atoms with Crippen LogP contribution < -0.4 is 4.31 Å². The van der Waals surface area contributed by atoms with Gasteiger partial charge in [-0.2, -0.15) is 0 Å². The lowest BCUT2D eigenvalue weighted by Crippen LogP contribution is -2.38. The SMILES string of the molecule is Cc1ccc(C)c(S(=O)(=O)N2CCC(=O)c3cccc(C)c32)c1. The van der Waals surface area contributed by atoms with Crippen LogP contribution in [-0.4, -0.2) is 20.7 Å². The molecule has 0 aliphatic carbocycles. The van der Waals surface area contributed by atoms with Gasteiger partial charge in [0.05, 0.1) is 10.6 Å². The minimum atomic E-state index is -3.69. The molecular weight excluding hydrogens is 310 g/mol. The molecular formula is C18H19NO3S. The summed E-state index contributed by atoms with van der Waals surface area (Å²) < 4.78 is 27.8. The molecule has 120 valence electrons. The Kier molecular flexibility index (Phi) is 3.76. The monoisotopic (exact) mass is 329 g/mol. The Morgan fingerprint density at radius 1 is 1.00 bits per heavy atom. The lowest BCUT2D eigenvalue weighted by molar-refractivity contribution is 0.0982. The molecule has 1 aliphatic heterocycles. The first-order valence-corrected chi connectivity index (χ1v) is 8.99. The normalized spacial score (nSPS) is 14.7. The van der Waals surface area contributed by atoms with Gasteiger partial charge < -0.3 is 0 Å². The molecule has 4 nitrogen and oxygen atoms in total. The number of para-hydroxylation sites is 1. The van der Waals surface area contributed by atoms with Gasteiger partial charge in [-0.15, -0.1) is 0 Å². The summed E-state index contributed by atoms with van der Waals surface area (Å²) in [5.74, 6) is -0.00360. The molecule has 0 saturated heterocycles. The number of benzene rings is 2. The van der Waals surface area contributed by atoms with Crippen LogP contribution in [0.25, 0.3) is 0 Å². The Morgan fingerprint density at radius 2 is 1.74 bits per heavy atom. The quantitative estimate of drug-likeness (QED) is 0.848. The first-order chi connectivity index (χ1) is 10.8. The van der Waals surface area contributed by atoms with Gasteiger partial charge in [0.2, 0.25) is 0 Å². The average Bonchev–Trinajstić information content (AvgIpc) is 2.50. The number of aryl methyl sites for hydroxylation is 3. The van der Waals surface area contributed by atoms with Crippen LogP contribution in [0.3, 0.4) is 0 Å². The number of nitrogens with zero attached hydrogens (tertiary/aromatic N) is 1. The molecule has 2 aromatic rings. The summed E-state index contributed by atoms with van der Waals surface area (Å²) >= 11 is 0. The summed E-state index contributed by atoms with van der Waals surface area (Å²) in [5.41, 5.74) is 3.41. The first kappa shape index (κ1) is 15.7. The third-order valence-corrected chi connectivity index (χ3v) is 6.18. The smallest absolute Gasteiger partial charge is 0.264 e. The molecule has 0 N–H and O–H groups in total. The molecule has 0 saturated carbocycles. The van der Waals surface area contributed by atoms with Crippen molar-refractivity contribution in [2.24, 2.45) is 0 Å². The fourth-order valence-electron chi connectivity index (χ4n) is 3.01. The first-order valence-electron chi connectivity index (χ1n) is 7.55. The number of ketones is 1. The van der Waals surface area contributed by atoms with E-state index in [0.29, 0.717) is 21.7 Å². The summed E-state index contributed by atoms with van der Waals surface area (Å²) in [7, 11) is -3.69. The Bertz CT molecular complexity index is 900. The molecule has 0 unspecified atom stereocenters. The van der Waals surface area contributed by atoms with Crippen LogP contribution in [0.15, 0.2) is 41.3 Å². The van der Waals surface area contributed by atoms with Gasteiger partial charge in [-0.05, 0) is 49.6 Å². The molecule has 0 fully saturated rings. The van der Waals surface area contributed by atoms with Crippen molar-refractivity contribution < 1.29 is 13.2 Å². The highest BCUT2D eigenvalue weighted by molar-refractivity contribution is 7.93. The Hall–Kier alpha value is -2.14. The van der Waals surface area contributed by atoms with E-state index in [0.717, 1.165) is 11.1 Å². The zero-order valence-corrected chi connectivity index (χ0v) is 14.3. The molecule has 0 bridgehead atoms. The summed E-state index contributed by atoms with van der Waals surface area (Å²) in [6.07, 6.45) is 0.209. The van der Waals surface area contributed by atoms with E-state index >= 15 is 0 Å². The molecule has 5 heteroatoms. The van der Waals surface area contributed by atoms with Crippen LogP contribution in [0.1, 0.15) is 33.5 Å². The number of Topliss-reactive ketones (excluding diaryl/α,β-unsaturated/α-hetero) is 1.